The van der Waals surface area contributed by atoms with Crippen molar-refractivity contribution in [3.8, 4) is 11.1 Å². The Labute approximate surface area is 132 Å². The summed E-state index contributed by atoms with van der Waals surface area (Å²) < 4.78 is 27.0. The van der Waals surface area contributed by atoms with E-state index in [1.165, 1.54) is 17.3 Å². The average Bonchev–Trinajstić information content (AvgIpc) is 2.49. The molecule has 2 heterocycles. The second-order valence-corrected chi connectivity index (χ2v) is 6.11. The topological polar surface area (TPSA) is 58.1 Å². The van der Waals surface area contributed by atoms with Gasteiger partial charge in [-0.2, -0.15) is 0 Å². The number of benzene rings is 1. The van der Waals surface area contributed by atoms with E-state index in [0.717, 1.165) is 24.6 Å². The Bertz CT molecular complexity index is 746. The minimum Gasteiger partial charge on any atom is -0.333 e. The molecule has 1 aliphatic heterocycles. The highest BCUT2D eigenvalue weighted by Gasteiger charge is 2.32. The molecule has 0 unspecified atom stereocenters. The van der Waals surface area contributed by atoms with Gasteiger partial charge in [-0.15, -0.1) is 0 Å². The number of rotatable bonds is 2. The summed E-state index contributed by atoms with van der Waals surface area (Å²) >= 11 is 0. The molecule has 7 heteroatoms. The van der Waals surface area contributed by atoms with Gasteiger partial charge in [0.2, 0.25) is 5.95 Å². The fraction of sp³-hybridized carbons (Fsp3) is 0.312. The fourth-order valence-corrected chi connectivity index (χ4v) is 2.42. The van der Waals surface area contributed by atoms with Crippen LogP contribution in [-0.2, 0) is 0 Å². The van der Waals surface area contributed by atoms with Crippen molar-refractivity contribution in [3.63, 3.8) is 0 Å². The first-order valence-electron chi connectivity index (χ1n) is 7.23. The number of hydrogen-bond donors (Lipinski definition) is 1. The fourth-order valence-electron chi connectivity index (χ4n) is 2.42. The van der Waals surface area contributed by atoms with E-state index in [1.54, 1.807) is 0 Å². The quantitative estimate of drug-likeness (QED) is 0.925. The summed E-state index contributed by atoms with van der Waals surface area (Å²) in [6, 6.07) is 2.92. The number of nitrogens with zero attached hydrogens (tertiary/aromatic N) is 3. The number of anilines is 1. The summed E-state index contributed by atoms with van der Waals surface area (Å²) in [5.41, 5.74) is 0.169. The van der Waals surface area contributed by atoms with E-state index in [0.29, 0.717) is 12.1 Å². The molecule has 0 aliphatic carbocycles. The summed E-state index contributed by atoms with van der Waals surface area (Å²) in [4.78, 5) is 21.7. The first-order chi connectivity index (χ1) is 10.9. The van der Waals surface area contributed by atoms with Crippen LogP contribution in [0.5, 0.6) is 0 Å². The van der Waals surface area contributed by atoms with Crippen molar-refractivity contribution in [1.82, 2.24) is 15.3 Å². The molecule has 0 radical (unpaired) electrons. The molecular weight excluding hydrogens is 302 g/mol. The lowest BCUT2D eigenvalue weighted by Gasteiger charge is -2.36. The number of urea groups is 1. The molecule has 2 amide bonds. The van der Waals surface area contributed by atoms with Gasteiger partial charge in [-0.1, -0.05) is 0 Å². The van der Waals surface area contributed by atoms with Gasteiger partial charge < -0.3 is 5.32 Å². The Morgan fingerprint density at radius 3 is 2.57 bits per heavy atom. The van der Waals surface area contributed by atoms with Crippen LogP contribution in [0.4, 0.5) is 19.5 Å². The number of halogens is 2. The van der Waals surface area contributed by atoms with Crippen molar-refractivity contribution < 1.29 is 13.6 Å². The van der Waals surface area contributed by atoms with E-state index in [-0.39, 0.29) is 23.1 Å². The third-order valence-corrected chi connectivity index (χ3v) is 3.77. The van der Waals surface area contributed by atoms with Crippen molar-refractivity contribution in [1.29, 1.82) is 0 Å². The number of carbonyl (C=O) groups is 1. The molecule has 5 nitrogen and oxygen atoms in total. The van der Waals surface area contributed by atoms with Crippen LogP contribution in [-0.4, -0.2) is 28.1 Å². The largest absolute Gasteiger partial charge is 0.333 e. The molecule has 3 rings (SSSR count). The summed E-state index contributed by atoms with van der Waals surface area (Å²) in [6.45, 7) is 4.38. The van der Waals surface area contributed by atoms with Crippen LogP contribution in [0.2, 0.25) is 0 Å². The van der Waals surface area contributed by atoms with Crippen molar-refractivity contribution in [3.05, 3.63) is 42.2 Å². The van der Waals surface area contributed by atoms with E-state index in [4.69, 9.17) is 0 Å². The Balaban J connectivity index is 1.85. The Morgan fingerprint density at radius 1 is 1.22 bits per heavy atom. The Hall–Kier alpha value is -2.57. The minimum atomic E-state index is -0.555. The molecule has 0 bridgehead atoms. The van der Waals surface area contributed by atoms with E-state index in [2.05, 4.69) is 15.3 Å². The molecule has 1 fully saturated rings. The van der Waals surface area contributed by atoms with Crippen LogP contribution in [0.1, 0.15) is 20.3 Å². The third-order valence-electron chi connectivity index (χ3n) is 3.77. The lowest BCUT2D eigenvalue weighted by Crippen LogP contribution is -2.57. The molecule has 0 saturated carbocycles. The SMILES string of the molecule is CC1(C)CCN(c2ncc(-c3cc(F)ccc3F)cn2)C(=O)N1. The van der Waals surface area contributed by atoms with Crippen molar-refractivity contribution in [2.75, 3.05) is 11.4 Å². The lowest BCUT2D eigenvalue weighted by atomic mass is 9.99. The van der Waals surface area contributed by atoms with E-state index in [1.807, 2.05) is 13.8 Å². The Kier molecular flexibility index (Phi) is 3.71. The highest BCUT2D eigenvalue weighted by atomic mass is 19.1. The highest BCUT2D eigenvalue weighted by Crippen LogP contribution is 2.24. The van der Waals surface area contributed by atoms with Crippen LogP contribution in [0.25, 0.3) is 11.1 Å². The van der Waals surface area contributed by atoms with Crippen LogP contribution >= 0.6 is 0 Å². The first-order valence-corrected chi connectivity index (χ1v) is 7.23. The molecule has 2 aromatic rings. The third kappa shape index (κ3) is 3.13. The van der Waals surface area contributed by atoms with Crippen LogP contribution in [0.15, 0.2) is 30.6 Å². The second-order valence-electron chi connectivity index (χ2n) is 6.11. The molecule has 0 atom stereocenters. The maximum absolute atomic E-state index is 13.8. The molecule has 1 aromatic heterocycles. The van der Waals surface area contributed by atoms with Gasteiger partial charge in [0.15, 0.2) is 0 Å². The summed E-state index contributed by atoms with van der Waals surface area (Å²) in [6.07, 6.45) is 3.52. The monoisotopic (exact) mass is 318 g/mol. The predicted octanol–water partition coefficient (Wildman–Crippen LogP) is 3.12. The van der Waals surface area contributed by atoms with Gasteiger partial charge in [0.25, 0.3) is 0 Å². The van der Waals surface area contributed by atoms with Crippen LogP contribution in [0.3, 0.4) is 0 Å². The van der Waals surface area contributed by atoms with Gasteiger partial charge in [0, 0.05) is 35.6 Å². The maximum Gasteiger partial charge on any atom is 0.324 e. The summed E-state index contributed by atoms with van der Waals surface area (Å²) in [5, 5.41) is 2.86. The van der Waals surface area contributed by atoms with E-state index < -0.39 is 11.6 Å². The zero-order chi connectivity index (χ0) is 16.6. The standard InChI is InChI=1S/C16H16F2N4O/c1-16(2)5-6-22(15(23)21-16)14-19-8-10(9-20-14)12-7-11(17)3-4-13(12)18/h3-4,7-9H,5-6H2,1-2H3,(H,21,23). The first kappa shape index (κ1) is 15.3. The summed E-state index contributed by atoms with van der Waals surface area (Å²) in [7, 11) is 0. The molecule has 1 aliphatic rings. The predicted molar refractivity (Wildman–Crippen MR) is 82.0 cm³/mol. The van der Waals surface area contributed by atoms with Gasteiger partial charge in [0.1, 0.15) is 11.6 Å². The van der Waals surface area contributed by atoms with Crippen LogP contribution in [0, 0.1) is 11.6 Å². The zero-order valence-corrected chi connectivity index (χ0v) is 12.8. The number of amides is 2. The van der Waals surface area contributed by atoms with Crippen molar-refractivity contribution in [2.45, 2.75) is 25.8 Å². The van der Waals surface area contributed by atoms with Gasteiger partial charge in [0.05, 0.1) is 0 Å². The van der Waals surface area contributed by atoms with Crippen molar-refractivity contribution >= 4 is 12.0 Å². The van der Waals surface area contributed by atoms with Gasteiger partial charge >= 0.3 is 6.03 Å². The Morgan fingerprint density at radius 2 is 1.91 bits per heavy atom. The van der Waals surface area contributed by atoms with Crippen LogP contribution < -0.4 is 10.2 Å². The molecule has 23 heavy (non-hydrogen) atoms. The summed E-state index contributed by atoms with van der Waals surface area (Å²) in [5.74, 6) is -0.859. The van der Waals surface area contributed by atoms with Gasteiger partial charge in [-0.25, -0.2) is 23.5 Å². The second kappa shape index (κ2) is 5.57. The molecule has 1 aromatic carbocycles. The maximum atomic E-state index is 13.8. The molecule has 0 spiro atoms. The smallest absolute Gasteiger partial charge is 0.324 e. The number of carbonyl (C=O) groups excluding carboxylic acids is 1. The number of nitrogens with one attached hydrogen (secondary N) is 1. The van der Waals surface area contributed by atoms with Gasteiger partial charge in [-0.05, 0) is 38.5 Å². The number of aromatic nitrogens is 2. The molecule has 120 valence electrons. The average molecular weight is 318 g/mol. The minimum absolute atomic E-state index is 0.0841. The normalized spacial score (nSPS) is 17.0. The van der Waals surface area contributed by atoms with E-state index in [9.17, 15) is 13.6 Å². The lowest BCUT2D eigenvalue weighted by molar-refractivity contribution is 0.224. The molecule has 1 saturated heterocycles. The number of hydrogen-bond acceptors (Lipinski definition) is 3. The zero-order valence-electron chi connectivity index (χ0n) is 12.8. The molecule has 1 N–H and O–H groups in total. The van der Waals surface area contributed by atoms with Crippen molar-refractivity contribution in [2.24, 2.45) is 0 Å². The molecular formula is C16H16F2N4O. The van der Waals surface area contributed by atoms with Gasteiger partial charge in [-0.3, -0.25) is 4.90 Å². The van der Waals surface area contributed by atoms with E-state index >= 15 is 0 Å². The highest BCUT2D eigenvalue weighted by molar-refractivity contribution is 5.91.